The standard InChI is InChI=1S/C21H42N2O/c1-17(14-18-8-9-19(15-18)24-21(5,6)7)16-22-10-12-23(13-11-22)20(2,3)4/h17-19H,8-16H2,1-7H3. The SMILES string of the molecule is CC(CC1CCC(OC(C)(C)C)C1)CN1CCN(C(C)(C)C)CC1. The van der Waals surface area contributed by atoms with Gasteiger partial charge in [-0.15, -0.1) is 0 Å². The van der Waals surface area contributed by atoms with E-state index < -0.39 is 0 Å². The van der Waals surface area contributed by atoms with Crippen LogP contribution in [0.15, 0.2) is 0 Å². The zero-order valence-electron chi connectivity index (χ0n) is 17.4. The van der Waals surface area contributed by atoms with Crippen LogP contribution in [-0.2, 0) is 4.74 Å². The molecule has 1 saturated heterocycles. The number of hydrogen-bond acceptors (Lipinski definition) is 3. The fourth-order valence-corrected chi connectivity index (χ4v) is 4.54. The Bertz CT molecular complexity index is 370. The van der Waals surface area contributed by atoms with Gasteiger partial charge in [-0.25, -0.2) is 0 Å². The minimum atomic E-state index is 0.0118. The summed E-state index contributed by atoms with van der Waals surface area (Å²) < 4.78 is 6.19. The lowest BCUT2D eigenvalue weighted by Crippen LogP contribution is -2.53. The molecule has 3 heteroatoms. The topological polar surface area (TPSA) is 15.7 Å². The molecule has 2 rings (SSSR count). The number of nitrogens with zero attached hydrogens (tertiary/aromatic N) is 2. The monoisotopic (exact) mass is 338 g/mol. The second kappa shape index (κ2) is 8.05. The number of piperazine rings is 1. The van der Waals surface area contributed by atoms with E-state index in [4.69, 9.17) is 4.74 Å². The Labute approximate surface area is 151 Å². The zero-order chi connectivity index (χ0) is 18.0. The second-order valence-corrected chi connectivity index (χ2v) is 10.3. The highest BCUT2D eigenvalue weighted by Crippen LogP contribution is 2.34. The predicted molar refractivity (Wildman–Crippen MR) is 104 cm³/mol. The van der Waals surface area contributed by atoms with Crippen LogP contribution in [0, 0.1) is 11.8 Å². The number of ether oxygens (including phenoxy) is 1. The van der Waals surface area contributed by atoms with Gasteiger partial charge in [-0.05, 0) is 79.1 Å². The molecule has 0 amide bonds. The largest absolute Gasteiger partial charge is 0.373 e. The molecule has 3 unspecified atom stereocenters. The molecule has 24 heavy (non-hydrogen) atoms. The molecule has 2 aliphatic rings. The molecular weight excluding hydrogens is 296 g/mol. The summed E-state index contributed by atoms with van der Waals surface area (Å²) in [5, 5.41) is 0. The molecule has 1 aliphatic carbocycles. The van der Waals surface area contributed by atoms with Crippen LogP contribution in [-0.4, -0.2) is 59.8 Å². The fourth-order valence-electron chi connectivity index (χ4n) is 4.54. The van der Waals surface area contributed by atoms with Crippen LogP contribution in [0.4, 0.5) is 0 Å². The van der Waals surface area contributed by atoms with E-state index in [-0.39, 0.29) is 5.60 Å². The van der Waals surface area contributed by atoms with Gasteiger partial charge in [-0.1, -0.05) is 6.92 Å². The van der Waals surface area contributed by atoms with E-state index in [2.05, 4.69) is 58.3 Å². The molecule has 0 N–H and O–H groups in total. The highest BCUT2D eigenvalue weighted by atomic mass is 16.5. The van der Waals surface area contributed by atoms with E-state index in [1.165, 1.54) is 58.4 Å². The van der Waals surface area contributed by atoms with Gasteiger partial charge in [0.1, 0.15) is 0 Å². The predicted octanol–water partition coefficient (Wildman–Crippen LogP) is 4.41. The van der Waals surface area contributed by atoms with Crippen LogP contribution < -0.4 is 0 Å². The summed E-state index contributed by atoms with van der Waals surface area (Å²) in [4.78, 5) is 5.31. The average molecular weight is 339 g/mol. The second-order valence-electron chi connectivity index (χ2n) is 10.3. The smallest absolute Gasteiger partial charge is 0.0602 e. The third kappa shape index (κ3) is 6.65. The van der Waals surface area contributed by atoms with Crippen molar-refractivity contribution in [3.05, 3.63) is 0 Å². The third-order valence-electron chi connectivity index (χ3n) is 5.64. The molecule has 0 spiro atoms. The molecule has 1 heterocycles. The fraction of sp³-hybridized carbons (Fsp3) is 1.00. The molecule has 0 aromatic heterocycles. The van der Waals surface area contributed by atoms with Crippen molar-refractivity contribution in [1.82, 2.24) is 9.80 Å². The molecule has 0 aromatic rings. The molecular formula is C21H42N2O. The van der Waals surface area contributed by atoms with Crippen molar-refractivity contribution >= 4 is 0 Å². The Morgan fingerprint density at radius 3 is 2.12 bits per heavy atom. The van der Waals surface area contributed by atoms with E-state index >= 15 is 0 Å². The van der Waals surface area contributed by atoms with Gasteiger partial charge in [0.05, 0.1) is 11.7 Å². The Kier molecular flexibility index (Phi) is 6.78. The maximum atomic E-state index is 6.19. The first-order valence-corrected chi connectivity index (χ1v) is 10.2. The lowest BCUT2D eigenvalue weighted by molar-refractivity contribution is -0.0577. The van der Waals surface area contributed by atoms with Crippen LogP contribution >= 0.6 is 0 Å². The van der Waals surface area contributed by atoms with E-state index in [0.29, 0.717) is 11.6 Å². The molecule has 142 valence electrons. The molecule has 0 radical (unpaired) electrons. The summed E-state index contributed by atoms with van der Waals surface area (Å²) in [6.07, 6.45) is 5.78. The van der Waals surface area contributed by atoms with Gasteiger partial charge in [0, 0.05) is 38.3 Å². The summed E-state index contributed by atoms with van der Waals surface area (Å²) in [6, 6.07) is 0. The van der Waals surface area contributed by atoms with E-state index in [1.807, 2.05) is 0 Å². The quantitative estimate of drug-likeness (QED) is 0.738. The highest BCUT2D eigenvalue weighted by molar-refractivity contribution is 4.84. The van der Waals surface area contributed by atoms with Crippen LogP contribution in [0.3, 0.4) is 0 Å². The minimum absolute atomic E-state index is 0.0118. The van der Waals surface area contributed by atoms with Crippen LogP contribution in [0.25, 0.3) is 0 Å². The van der Waals surface area contributed by atoms with Gasteiger partial charge in [0.2, 0.25) is 0 Å². The van der Waals surface area contributed by atoms with Gasteiger partial charge < -0.3 is 9.64 Å². The summed E-state index contributed by atoms with van der Waals surface area (Å²) in [7, 11) is 0. The van der Waals surface area contributed by atoms with Crippen molar-refractivity contribution in [2.24, 2.45) is 11.8 Å². The minimum Gasteiger partial charge on any atom is -0.373 e. The normalized spacial score (nSPS) is 29.1. The summed E-state index contributed by atoms with van der Waals surface area (Å²) in [5.74, 6) is 1.69. The Morgan fingerprint density at radius 1 is 0.958 bits per heavy atom. The van der Waals surface area contributed by atoms with Crippen molar-refractivity contribution in [1.29, 1.82) is 0 Å². The van der Waals surface area contributed by atoms with Gasteiger partial charge >= 0.3 is 0 Å². The molecule has 1 aliphatic heterocycles. The summed E-state index contributed by atoms with van der Waals surface area (Å²) in [6.45, 7) is 22.2. The lowest BCUT2D eigenvalue weighted by atomic mass is 9.93. The van der Waals surface area contributed by atoms with Gasteiger partial charge in [-0.3, -0.25) is 4.90 Å². The van der Waals surface area contributed by atoms with E-state index in [0.717, 1.165) is 11.8 Å². The van der Waals surface area contributed by atoms with Crippen molar-refractivity contribution in [3.63, 3.8) is 0 Å². The highest BCUT2D eigenvalue weighted by Gasteiger charge is 2.30. The molecule has 3 atom stereocenters. The summed E-state index contributed by atoms with van der Waals surface area (Å²) in [5.41, 5.74) is 0.335. The molecule has 1 saturated carbocycles. The number of rotatable bonds is 5. The Balaban J connectivity index is 1.67. The van der Waals surface area contributed by atoms with Crippen molar-refractivity contribution < 1.29 is 4.74 Å². The molecule has 3 nitrogen and oxygen atoms in total. The van der Waals surface area contributed by atoms with Gasteiger partial charge in [0.25, 0.3) is 0 Å². The van der Waals surface area contributed by atoms with E-state index in [1.54, 1.807) is 0 Å². The zero-order valence-corrected chi connectivity index (χ0v) is 17.4. The van der Waals surface area contributed by atoms with Crippen LogP contribution in [0.2, 0.25) is 0 Å². The number of hydrogen-bond donors (Lipinski definition) is 0. The van der Waals surface area contributed by atoms with Gasteiger partial charge in [0.15, 0.2) is 0 Å². The first-order chi connectivity index (χ1) is 11.0. The first-order valence-electron chi connectivity index (χ1n) is 10.2. The van der Waals surface area contributed by atoms with Crippen LogP contribution in [0.5, 0.6) is 0 Å². The molecule has 0 bridgehead atoms. The molecule has 0 aromatic carbocycles. The maximum Gasteiger partial charge on any atom is 0.0602 e. The lowest BCUT2D eigenvalue weighted by Gasteiger charge is -2.43. The van der Waals surface area contributed by atoms with Crippen LogP contribution in [0.1, 0.15) is 74.1 Å². The maximum absolute atomic E-state index is 6.19. The van der Waals surface area contributed by atoms with Crippen molar-refractivity contribution in [3.8, 4) is 0 Å². The van der Waals surface area contributed by atoms with Gasteiger partial charge in [-0.2, -0.15) is 0 Å². The Morgan fingerprint density at radius 2 is 1.58 bits per heavy atom. The Hall–Kier alpha value is -0.120. The third-order valence-corrected chi connectivity index (χ3v) is 5.64. The molecule has 2 fully saturated rings. The average Bonchev–Trinajstić information content (AvgIpc) is 2.82. The van der Waals surface area contributed by atoms with Crippen molar-refractivity contribution in [2.45, 2.75) is 91.4 Å². The van der Waals surface area contributed by atoms with E-state index in [9.17, 15) is 0 Å². The first kappa shape index (κ1) is 20.2. The summed E-state index contributed by atoms with van der Waals surface area (Å²) >= 11 is 0. The van der Waals surface area contributed by atoms with Crippen molar-refractivity contribution in [2.75, 3.05) is 32.7 Å².